The monoisotopic (exact) mass is 275 g/mol. The summed E-state index contributed by atoms with van der Waals surface area (Å²) >= 11 is 1.67. The molecular weight excluding hydrogens is 258 g/mol. The van der Waals surface area contributed by atoms with Crippen LogP contribution < -0.4 is 4.90 Å². The van der Waals surface area contributed by atoms with E-state index in [9.17, 15) is 0 Å². The van der Waals surface area contributed by atoms with Crippen molar-refractivity contribution in [1.82, 2.24) is 9.97 Å². The Morgan fingerprint density at radius 1 is 1.26 bits per heavy atom. The standard InChI is InChI=1S/C14H17N3OS/c1-10-4-3-5-13(15-10)17-6-7-18-12(8-17)14-16-11(2)9-19-14/h3-5,9,12H,6-8H2,1-2H3/t12-/m1/s1. The lowest BCUT2D eigenvalue weighted by Gasteiger charge is -2.32. The molecule has 2 aromatic rings. The highest BCUT2D eigenvalue weighted by Gasteiger charge is 2.25. The van der Waals surface area contributed by atoms with Crippen LogP contribution in [0.15, 0.2) is 23.6 Å². The van der Waals surface area contributed by atoms with Gasteiger partial charge in [-0.1, -0.05) is 6.07 Å². The second-order valence-corrected chi connectivity index (χ2v) is 5.66. The number of aromatic nitrogens is 2. The first-order valence-corrected chi connectivity index (χ1v) is 7.32. The van der Waals surface area contributed by atoms with Gasteiger partial charge in [0.1, 0.15) is 16.9 Å². The summed E-state index contributed by atoms with van der Waals surface area (Å²) in [6.45, 7) is 6.47. The SMILES string of the molecule is Cc1cccc(N2CCO[C@@H](c3nc(C)cs3)C2)n1. The van der Waals surface area contributed by atoms with Crippen molar-refractivity contribution in [2.24, 2.45) is 0 Å². The Morgan fingerprint density at radius 2 is 2.16 bits per heavy atom. The predicted molar refractivity (Wildman–Crippen MR) is 76.7 cm³/mol. The lowest BCUT2D eigenvalue weighted by molar-refractivity contribution is 0.0393. The van der Waals surface area contributed by atoms with E-state index in [2.05, 4.69) is 32.4 Å². The predicted octanol–water partition coefficient (Wildman–Crippen LogP) is 2.73. The molecule has 0 unspecified atom stereocenters. The van der Waals surface area contributed by atoms with Gasteiger partial charge in [-0.25, -0.2) is 9.97 Å². The molecule has 1 aliphatic rings. The summed E-state index contributed by atoms with van der Waals surface area (Å²) in [7, 11) is 0. The number of nitrogens with zero attached hydrogens (tertiary/aromatic N) is 3. The van der Waals surface area contributed by atoms with Gasteiger partial charge < -0.3 is 9.64 Å². The van der Waals surface area contributed by atoms with E-state index >= 15 is 0 Å². The minimum absolute atomic E-state index is 0.0646. The fraction of sp³-hybridized carbons (Fsp3) is 0.429. The normalized spacial score (nSPS) is 19.7. The minimum atomic E-state index is 0.0646. The van der Waals surface area contributed by atoms with E-state index in [1.54, 1.807) is 11.3 Å². The number of morpholine rings is 1. The van der Waals surface area contributed by atoms with Crippen LogP contribution in [0.25, 0.3) is 0 Å². The van der Waals surface area contributed by atoms with Crippen LogP contribution in [-0.2, 0) is 4.74 Å². The maximum Gasteiger partial charge on any atom is 0.128 e. The molecule has 0 spiro atoms. The Balaban J connectivity index is 1.78. The first kappa shape index (κ1) is 12.6. The van der Waals surface area contributed by atoms with Gasteiger partial charge in [0.15, 0.2) is 0 Å². The van der Waals surface area contributed by atoms with Gasteiger partial charge in [-0.2, -0.15) is 0 Å². The van der Waals surface area contributed by atoms with Crippen LogP contribution in [0.4, 0.5) is 5.82 Å². The molecule has 0 radical (unpaired) electrons. The van der Waals surface area contributed by atoms with Crippen molar-refractivity contribution in [2.75, 3.05) is 24.6 Å². The molecule has 0 amide bonds. The highest BCUT2D eigenvalue weighted by atomic mass is 32.1. The number of rotatable bonds is 2. The molecule has 3 rings (SSSR count). The van der Waals surface area contributed by atoms with Crippen LogP contribution in [0.5, 0.6) is 0 Å². The molecule has 1 saturated heterocycles. The van der Waals surface area contributed by atoms with Gasteiger partial charge >= 0.3 is 0 Å². The lowest BCUT2D eigenvalue weighted by atomic mass is 10.2. The summed E-state index contributed by atoms with van der Waals surface area (Å²) in [6, 6.07) is 6.13. The Morgan fingerprint density at radius 3 is 2.89 bits per heavy atom. The third-order valence-corrected chi connectivity index (χ3v) is 4.23. The molecule has 3 heterocycles. The summed E-state index contributed by atoms with van der Waals surface area (Å²) in [5.74, 6) is 1.03. The van der Waals surface area contributed by atoms with Crippen LogP contribution in [0.1, 0.15) is 22.5 Å². The molecule has 19 heavy (non-hydrogen) atoms. The van der Waals surface area contributed by atoms with Crippen LogP contribution in [0, 0.1) is 13.8 Å². The van der Waals surface area contributed by atoms with Crippen molar-refractivity contribution < 1.29 is 4.74 Å². The number of pyridine rings is 1. The number of ether oxygens (including phenoxy) is 1. The van der Waals surface area contributed by atoms with E-state index in [1.165, 1.54) is 0 Å². The van der Waals surface area contributed by atoms with Gasteiger partial charge in [0.25, 0.3) is 0 Å². The molecule has 0 N–H and O–H groups in total. The smallest absolute Gasteiger partial charge is 0.128 e. The molecule has 0 aromatic carbocycles. The highest BCUT2D eigenvalue weighted by Crippen LogP contribution is 2.27. The second kappa shape index (κ2) is 5.27. The van der Waals surface area contributed by atoms with Gasteiger partial charge in [-0.3, -0.25) is 0 Å². The van der Waals surface area contributed by atoms with Crippen LogP contribution >= 0.6 is 11.3 Å². The van der Waals surface area contributed by atoms with Gasteiger partial charge in [0.2, 0.25) is 0 Å². The molecule has 0 aliphatic carbocycles. The molecule has 0 bridgehead atoms. The van der Waals surface area contributed by atoms with Crippen LogP contribution in [0.3, 0.4) is 0 Å². The fourth-order valence-corrected chi connectivity index (χ4v) is 3.07. The number of hydrogen-bond acceptors (Lipinski definition) is 5. The largest absolute Gasteiger partial charge is 0.367 e. The van der Waals surface area contributed by atoms with Gasteiger partial charge in [-0.05, 0) is 26.0 Å². The summed E-state index contributed by atoms with van der Waals surface area (Å²) in [5.41, 5.74) is 2.11. The summed E-state index contributed by atoms with van der Waals surface area (Å²) in [5, 5.41) is 3.14. The zero-order valence-corrected chi connectivity index (χ0v) is 12.0. The van der Waals surface area contributed by atoms with Crippen molar-refractivity contribution in [2.45, 2.75) is 20.0 Å². The maximum absolute atomic E-state index is 5.84. The third-order valence-electron chi connectivity index (χ3n) is 3.18. The minimum Gasteiger partial charge on any atom is -0.367 e. The Labute approximate surface area is 117 Å². The highest BCUT2D eigenvalue weighted by molar-refractivity contribution is 7.09. The molecule has 4 nitrogen and oxygen atoms in total. The van der Waals surface area contributed by atoms with Gasteiger partial charge in [0, 0.05) is 23.3 Å². The van der Waals surface area contributed by atoms with E-state index in [4.69, 9.17) is 4.74 Å². The van der Waals surface area contributed by atoms with E-state index in [0.29, 0.717) is 0 Å². The van der Waals surface area contributed by atoms with Crippen molar-refractivity contribution >= 4 is 17.2 Å². The maximum atomic E-state index is 5.84. The molecule has 2 aromatic heterocycles. The number of thiazole rings is 1. The summed E-state index contributed by atoms with van der Waals surface area (Å²) in [6.07, 6.45) is 0.0646. The molecule has 1 atom stereocenters. The van der Waals surface area contributed by atoms with Gasteiger partial charge in [-0.15, -0.1) is 11.3 Å². The number of anilines is 1. The first-order valence-electron chi connectivity index (χ1n) is 6.44. The number of aryl methyl sites for hydroxylation is 2. The second-order valence-electron chi connectivity index (χ2n) is 4.77. The van der Waals surface area contributed by atoms with Crippen molar-refractivity contribution in [1.29, 1.82) is 0 Å². The van der Waals surface area contributed by atoms with Crippen molar-refractivity contribution in [3.63, 3.8) is 0 Å². The quantitative estimate of drug-likeness (QED) is 0.844. The Bertz CT molecular complexity index is 569. The number of hydrogen-bond donors (Lipinski definition) is 0. The molecule has 1 fully saturated rings. The zero-order chi connectivity index (χ0) is 13.2. The van der Waals surface area contributed by atoms with E-state index < -0.39 is 0 Å². The third kappa shape index (κ3) is 2.77. The first-order chi connectivity index (χ1) is 9.22. The Hall–Kier alpha value is -1.46. The van der Waals surface area contributed by atoms with Gasteiger partial charge in [0.05, 0.1) is 13.2 Å². The topological polar surface area (TPSA) is 38.2 Å². The van der Waals surface area contributed by atoms with Crippen LogP contribution in [-0.4, -0.2) is 29.7 Å². The zero-order valence-electron chi connectivity index (χ0n) is 11.2. The molecule has 100 valence electrons. The molecule has 5 heteroatoms. The average Bonchev–Trinajstić information content (AvgIpc) is 2.86. The van der Waals surface area contributed by atoms with Crippen molar-refractivity contribution in [3.8, 4) is 0 Å². The summed E-state index contributed by atoms with van der Waals surface area (Å²) in [4.78, 5) is 11.4. The Kier molecular flexibility index (Phi) is 3.48. The van der Waals surface area contributed by atoms with E-state index in [1.807, 2.05) is 19.9 Å². The molecular formula is C14H17N3OS. The lowest BCUT2D eigenvalue weighted by Crippen LogP contribution is -2.38. The van der Waals surface area contributed by atoms with Crippen molar-refractivity contribution in [3.05, 3.63) is 40.0 Å². The summed E-state index contributed by atoms with van der Waals surface area (Å²) < 4.78 is 5.84. The average molecular weight is 275 g/mol. The van der Waals surface area contributed by atoms with Crippen LogP contribution in [0.2, 0.25) is 0 Å². The fourth-order valence-electron chi connectivity index (χ4n) is 2.23. The van der Waals surface area contributed by atoms with E-state index in [-0.39, 0.29) is 6.10 Å². The molecule has 1 aliphatic heterocycles. The molecule has 0 saturated carbocycles. The van der Waals surface area contributed by atoms with E-state index in [0.717, 1.165) is 41.9 Å².